The van der Waals surface area contributed by atoms with Gasteiger partial charge in [-0.2, -0.15) is 5.10 Å². The van der Waals surface area contributed by atoms with E-state index in [4.69, 9.17) is 9.47 Å². The summed E-state index contributed by atoms with van der Waals surface area (Å²) >= 11 is 0. The van der Waals surface area contributed by atoms with Crippen molar-refractivity contribution < 1.29 is 14.3 Å². The molecular weight excluding hydrogens is 318 g/mol. The molecule has 0 saturated carbocycles. The summed E-state index contributed by atoms with van der Waals surface area (Å²) < 4.78 is 10.7. The van der Waals surface area contributed by atoms with E-state index in [1.165, 1.54) is 12.0 Å². The Labute approximate surface area is 148 Å². The lowest BCUT2D eigenvalue weighted by molar-refractivity contribution is 0.0596. The SMILES string of the molecule is COc1ccc(CCC2CCCCN2C(=O)c2ccn[nH]2)cc1OC. The maximum absolute atomic E-state index is 12.7. The molecule has 1 unspecified atom stereocenters. The number of benzene rings is 1. The van der Waals surface area contributed by atoms with E-state index >= 15 is 0 Å². The van der Waals surface area contributed by atoms with Gasteiger partial charge in [-0.15, -0.1) is 0 Å². The molecule has 1 fully saturated rings. The summed E-state index contributed by atoms with van der Waals surface area (Å²) in [6.07, 6.45) is 6.74. The summed E-state index contributed by atoms with van der Waals surface area (Å²) in [7, 11) is 3.28. The second kappa shape index (κ2) is 8.05. The zero-order chi connectivity index (χ0) is 17.6. The third-order valence-corrected chi connectivity index (χ3v) is 4.83. The van der Waals surface area contributed by atoms with E-state index in [-0.39, 0.29) is 11.9 Å². The summed E-state index contributed by atoms with van der Waals surface area (Å²) in [5, 5.41) is 6.68. The molecule has 0 bridgehead atoms. The van der Waals surface area contributed by atoms with Gasteiger partial charge in [0, 0.05) is 18.8 Å². The van der Waals surface area contributed by atoms with E-state index in [0.29, 0.717) is 5.69 Å². The zero-order valence-electron chi connectivity index (χ0n) is 14.8. The van der Waals surface area contributed by atoms with Crippen LogP contribution in [0.3, 0.4) is 0 Å². The number of amides is 1. The van der Waals surface area contributed by atoms with E-state index < -0.39 is 0 Å². The van der Waals surface area contributed by atoms with Crippen LogP contribution in [0.5, 0.6) is 11.5 Å². The van der Waals surface area contributed by atoms with E-state index in [0.717, 1.165) is 43.7 Å². The first-order chi connectivity index (χ1) is 12.2. The largest absolute Gasteiger partial charge is 0.493 e. The normalized spacial score (nSPS) is 17.4. The number of carbonyl (C=O) groups excluding carboxylic acids is 1. The first-order valence-electron chi connectivity index (χ1n) is 8.74. The van der Waals surface area contributed by atoms with Gasteiger partial charge in [0.1, 0.15) is 5.69 Å². The van der Waals surface area contributed by atoms with Crippen molar-refractivity contribution in [3.63, 3.8) is 0 Å². The molecule has 6 heteroatoms. The lowest BCUT2D eigenvalue weighted by Crippen LogP contribution is -2.44. The molecule has 1 N–H and O–H groups in total. The van der Waals surface area contributed by atoms with Crippen molar-refractivity contribution in [2.24, 2.45) is 0 Å². The topological polar surface area (TPSA) is 67.5 Å². The van der Waals surface area contributed by atoms with E-state index in [2.05, 4.69) is 16.3 Å². The standard InChI is InChI=1S/C19H25N3O3/c1-24-17-9-7-14(13-18(17)25-2)6-8-15-5-3-4-12-22(15)19(23)16-10-11-20-21-16/h7,9-11,13,15H,3-6,8,12H2,1-2H3,(H,20,21). The fourth-order valence-electron chi connectivity index (χ4n) is 3.47. The number of ether oxygens (including phenoxy) is 2. The van der Waals surface area contributed by atoms with Gasteiger partial charge < -0.3 is 14.4 Å². The molecule has 25 heavy (non-hydrogen) atoms. The van der Waals surface area contributed by atoms with Gasteiger partial charge in [-0.25, -0.2) is 0 Å². The lowest BCUT2D eigenvalue weighted by Gasteiger charge is -2.35. The van der Waals surface area contributed by atoms with Crippen LogP contribution in [-0.2, 0) is 6.42 Å². The Hall–Kier alpha value is -2.50. The summed E-state index contributed by atoms with van der Waals surface area (Å²) in [6.45, 7) is 0.814. The highest BCUT2D eigenvalue weighted by molar-refractivity contribution is 5.92. The van der Waals surface area contributed by atoms with Gasteiger partial charge in [-0.3, -0.25) is 9.89 Å². The number of piperidine rings is 1. The van der Waals surface area contributed by atoms with Crippen molar-refractivity contribution in [3.8, 4) is 11.5 Å². The van der Waals surface area contributed by atoms with Gasteiger partial charge in [-0.05, 0) is 55.9 Å². The van der Waals surface area contributed by atoms with Gasteiger partial charge in [0.15, 0.2) is 11.5 Å². The van der Waals surface area contributed by atoms with Crippen LogP contribution in [0.25, 0.3) is 0 Å². The molecule has 1 aromatic carbocycles. The fourth-order valence-corrected chi connectivity index (χ4v) is 3.47. The predicted octanol–water partition coefficient (Wildman–Crippen LogP) is 3.05. The highest BCUT2D eigenvalue weighted by Gasteiger charge is 2.27. The molecule has 2 aromatic rings. The van der Waals surface area contributed by atoms with Crippen LogP contribution in [0.4, 0.5) is 0 Å². The summed E-state index contributed by atoms with van der Waals surface area (Å²) in [4.78, 5) is 14.7. The molecule has 1 saturated heterocycles. The average molecular weight is 343 g/mol. The first kappa shape index (κ1) is 17.3. The fraction of sp³-hybridized carbons (Fsp3) is 0.474. The number of nitrogens with zero attached hydrogens (tertiary/aromatic N) is 2. The third-order valence-electron chi connectivity index (χ3n) is 4.83. The van der Waals surface area contributed by atoms with Crippen molar-refractivity contribution in [2.45, 2.75) is 38.1 Å². The molecule has 1 aromatic heterocycles. The number of aromatic amines is 1. The van der Waals surface area contributed by atoms with Crippen molar-refractivity contribution in [2.75, 3.05) is 20.8 Å². The molecular formula is C19H25N3O3. The highest BCUT2D eigenvalue weighted by atomic mass is 16.5. The van der Waals surface area contributed by atoms with Crippen LogP contribution in [-0.4, -0.2) is 47.8 Å². The maximum atomic E-state index is 12.7. The maximum Gasteiger partial charge on any atom is 0.272 e. The quantitative estimate of drug-likeness (QED) is 0.875. The molecule has 3 rings (SSSR count). The van der Waals surface area contributed by atoms with Crippen molar-refractivity contribution >= 4 is 5.91 Å². The molecule has 1 amide bonds. The van der Waals surface area contributed by atoms with Crippen LogP contribution in [0, 0.1) is 0 Å². The molecule has 1 aliphatic heterocycles. The van der Waals surface area contributed by atoms with Crippen LogP contribution in [0.15, 0.2) is 30.5 Å². The van der Waals surface area contributed by atoms with Crippen LogP contribution in [0.1, 0.15) is 41.7 Å². The Kier molecular flexibility index (Phi) is 5.58. The Bertz CT molecular complexity index is 700. The zero-order valence-corrected chi connectivity index (χ0v) is 14.8. The van der Waals surface area contributed by atoms with E-state index in [9.17, 15) is 4.79 Å². The van der Waals surface area contributed by atoms with E-state index in [1.807, 2.05) is 17.0 Å². The molecule has 1 atom stereocenters. The number of H-pyrrole nitrogens is 1. The Morgan fingerprint density at radius 2 is 2.08 bits per heavy atom. The predicted molar refractivity (Wildman–Crippen MR) is 95.1 cm³/mol. The second-order valence-electron chi connectivity index (χ2n) is 6.35. The Balaban J connectivity index is 1.67. The van der Waals surface area contributed by atoms with Gasteiger partial charge in [-0.1, -0.05) is 6.07 Å². The van der Waals surface area contributed by atoms with Crippen LogP contribution < -0.4 is 9.47 Å². The summed E-state index contributed by atoms with van der Waals surface area (Å²) in [5.41, 5.74) is 1.76. The number of hydrogen-bond donors (Lipinski definition) is 1. The Morgan fingerprint density at radius 1 is 1.24 bits per heavy atom. The number of nitrogens with one attached hydrogen (secondary N) is 1. The molecule has 0 spiro atoms. The van der Waals surface area contributed by atoms with Gasteiger partial charge in [0.2, 0.25) is 0 Å². The molecule has 0 aliphatic carbocycles. The lowest BCUT2D eigenvalue weighted by atomic mass is 9.95. The summed E-state index contributed by atoms with van der Waals surface area (Å²) in [5.74, 6) is 1.53. The van der Waals surface area contributed by atoms with Gasteiger partial charge in [0.05, 0.1) is 14.2 Å². The number of likely N-dealkylation sites (tertiary alicyclic amines) is 1. The minimum Gasteiger partial charge on any atom is -0.493 e. The van der Waals surface area contributed by atoms with Crippen LogP contribution >= 0.6 is 0 Å². The second-order valence-corrected chi connectivity index (χ2v) is 6.35. The first-order valence-corrected chi connectivity index (χ1v) is 8.74. The number of carbonyl (C=O) groups is 1. The minimum atomic E-state index is 0.0505. The number of aromatic nitrogens is 2. The van der Waals surface area contributed by atoms with Gasteiger partial charge >= 0.3 is 0 Å². The molecule has 1 aliphatic rings. The number of hydrogen-bond acceptors (Lipinski definition) is 4. The minimum absolute atomic E-state index is 0.0505. The number of methoxy groups -OCH3 is 2. The molecule has 6 nitrogen and oxygen atoms in total. The van der Waals surface area contributed by atoms with Crippen molar-refractivity contribution in [1.82, 2.24) is 15.1 Å². The van der Waals surface area contributed by atoms with Crippen LogP contribution in [0.2, 0.25) is 0 Å². The molecule has 134 valence electrons. The van der Waals surface area contributed by atoms with E-state index in [1.54, 1.807) is 26.5 Å². The van der Waals surface area contributed by atoms with Gasteiger partial charge in [0.25, 0.3) is 5.91 Å². The third kappa shape index (κ3) is 3.95. The summed E-state index contributed by atoms with van der Waals surface area (Å²) in [6, 6.07) is 8.01. The number of aryl methyl sites for hydroxylation is 1. The highest BCUT2D eigenvalue weighted by Crippen LogP contribution is 2.29. The molecule has 0 radical (unpaired) electrons. The number of rotatable bonds is 6. The van der Waals surface area contributed by atoms with Crippen molar-refractivity contribution in [3.05, 3.63) is 41.7 Å². The van der Waals surface area contributed by atoms with Crippen molar-refractivity contribution in [1.29, 1.82) is 0 Å². The average Bonchev–Trinajstić information content (AvgIpc) is 3.20. The smallest absolute Gasteiger partial charge is 0.272 e. The monoisotopic (exact) mass is 343 g/mol. The molecule has 2 heterocycles. The Morgan fingerprint density at radius 3 is 2.80 bits per heavy atom.